The number of amides is 1. The van der Waals surface area contributed by atoms with Gasteiger partial charge < -0.3 is 15.5 Å². The second-order valence-corrected chi connectivity index (χ2v) is 16.4. The van der Waals surface area contributed by atoms with E-state index in [0.29, 0.717) is 33.4 Å². The highest BCUT2D eigenvalue weighted by Gasteiger charge is 2.53. The van der Waals surface area contributed by atoms with E-state index in [0.717, 1.165) is 6.04 Å². The average molecular weight is 486 g/mol. The van der Waals surface area contributed by atoms with Crippen LogP contribution >= 0.6 is 34.9 Å². The number of carbonyl (C=O) groups is 1. The van der Waals surface area contributed by atoms with E-state index in [9.17, 15) is 18.1 Å². The molecule has 0 atom stereocenters. The molecular formula is C15H19BrF2NO4PSSi. The van der Waals surface area contributed by atoms with Crippen molar-refractivity contribution in [2.75, 3.05) is 0 Å². The van der Waals surface area contributed by atoms with Gasteiger partial charge in [-0.2, -0.15) is 8.78 Å². The van der Waals surface area contributed by atoms with Crippen LogP contribution in [0, 0.1) is 0 Å². The van der Waals surface area contributed by atoms with Crippen molar-refractivity contribution in [3.63, 3.8) is 0 Å². The molecule has 1 aromatic heterocycles. The lowest BCUT2D eigenvalue weighted by Crippen LogP contribution is -2.20. The van der Waals surface area contributed by atoms with Gasteiger partial charge in [0.05, 0.1) is 0 Å². The Morgan fingerprint density at radius 1 is 1.35 bits per heavy atom. The van der Waals surface area contributed by atoms with E-state index in [1.54, 1.807) is 6.07 Å². The Labute approximate surface area is 162 Å². The summed E-state index contributed by atoms with van der Waals surface area (Å²) in [7, 11) is -7.14. The fraction of sp³-hybridized carbons (Fsp3) is 0.400. The number of hydrogen-bond donors (Lipinski definition) is 3. The van der Waals surface area contributed by atoms with Gasteiger partial charge in [-0.3, -0.25) is 9.36 Å². The van der Waals surface area contributed by atoms with E-state index < -0.39 is 32.1 Å². The van der Waals surface area contributed by atoms with Crippen LogP contribution in [-0.4, -0.2) is 23.8 Å². The maximum absolute atomic E-state index is 14.3. The average Bonchev–Trinajstić information content (AvgIpc) is 2.80. The van der Waals surface area contributed by atoms with Crippen LogP contribution in [-0.2, 0) is 16.6 Å². The molecule has 2 rings (SSSR count). The normalized spacial score (nSPS) is 13.4. The highest BCUT2D eigenvalue weighted by Crippen LogP contribution is 2.63. The summed E-state index contributed by atoms with van der Waals surface area (Å²) in [4.78, 5) is 29.0. The Morgan fingerprint density at radius 2 is 1.92 bits per heavy atom. The van der Waals surface area contributed by atoms with Crippen LogP contribution in [0.3, 0.4) is 0 Å². The van der Waals surface area contributed by atoms with Gasteiger partial charge in [-0.15, -0.1) is 11.3 Å². The van der Waals surface area contributed by atoms with Crippen LogP contribution in [0.15, 0.2) is 16.6 Å². The molecule has 0 spiro atoms. The van der Waals surface area contributed by atoms with Crippen molar-refractivity contribution in [1.29, 1.82) is 0 Å². The Hall–Kier alpha value is -0.643. The summed E-state index contributed by atoms with van der Waals surface area (Å²) < 4.78 is 40.1. The van der Waals surface area contributed by atoms with E-state index in [-0.39, 0.29) is 10.0 Å². The molecule has 26 heavy (non-hydrogen) atoms. The minimum absolute atomic E-state index is 0.122. The van der Waals surface area contributed by atoms with E-state index in [4.69, 9.17) is 15.5 Å². The van der Waals surface area contributed by atoms with E-state index in [1.807, 2.05) is 0 Å². The molecule has 1 aromatic carbocycles. The van der Waals surface area contributed by atoms with Crippen LogP contribution in [0.2, 0.25) is 25.7 Å². The van der Waals surface area contributed by atoms with Crippen molar-refractivity contribution in [2.45, 2.75) is 37.8 Å². The number of primary amides is 1. The van der Waals surface area contributed by atoms with E-state index in [2.05, 4.69) is 35.6 Å². The number of thiophene rings is 1. The molecule has 5 nitrogen and oxygen atoms in total. The molecule has 0 aliphatic carbocycles. The molecule has 0 bridgehead atoms. The molecule has 0 aliphatic heterocycles. The number of carbonyl (C=O) groups excluding carboxylic acids is 1. The topological polar surface area (TPSA) is 101 Å². The van der Waals surface area contributed by atoms with Gasteiger partial charge in [0.2, 0.25) is 5.91 Å². The fourth-order valence-corrected chi connectivity index (χ4v) is 6.47. The summed E-state index contributed by atoms with van der Waals surface area (Å²) in [6.07, 6.45) is 0.571. The maximum atomic E-state index is 14.3. The summed E-state index contributed by atoms with van der Waals surface area (Å²) in [5.74, 6) is -0.692. The van der Waals surface area contributed by atoms with Crippen molar-refractivity contribution in [2.24, 2.45) is 5.73 Å². The first kappa shape index (κ1) is 21.7. The molecule has 0 saturated heterocycles. The number of benzene rings is 1. The molecule has 1 amide bonds. The monoisotopic (exact) mass is 485 g/mol. The third kappa shape index (κ3) is 4.26. The van der Waals surface area contributed by atoms with Crippen LogP contribution in [0.4, 0.5) is 8.78 Å². The zero-order chi connectivity index (χ0) is 20.1. The molecular weight excluding hydrogens is 467 g/mol. The van der Waals surface area contributed by atoms with Gasteiger partial charge in [-0.1, -0.05) is 25.7 Å². The highest BCUT2D eigenvalue weighted by atomic mass is 79.9. The van der Waals surface area contributed by atoms with Crippen molar-refractivity contribution in [3.05, 3.63) is 32.6 Å². The molecule has 0 unspecified atom stereocenters. The van der Waals surface area contributed by atoms with Gasteiger partial charge >= 0.3 is 13.3 Å². The Kier molecular flexibility index (Phi) is 5.89. The largest absolute Gasteiger partial charge is 0.400 e. The number of aryl methyl sites for hydroxylation is 1. The van der Waals surface area contributed by atoms with Crippen LogP contribution in [0.1, 0.15) is 20.8 Å². The molecule has 0 saturated carbocycles. The van der Waals surface area contributed by atoms with Gasteiger partial charge in [-0.25, -0.2) is 0 Å². The second-order valence-electron chi connectivity index (χ2n) is 7.27. The lowest BCUT2D eigenvalue weighted by Gasteiger charge is -2.16. The minimum Gasteiger partial charge on any atom is -0.366 e. The Bertz CT molecular complexity index is 922. The molecule has 4 N–H and O–H groups in total. The predicted molar refractivity (Wildman–Crippen MR) is 106 cm³/mol. The number of halogens is 3. The summed E-state index contributed by atoms with van der Waals surface area (Å²) in [5, 5.41) is 0.306. The fourth-order valence-electron chi connectivity index (χ4n) is 2.41. The number of rotatable bonds is 6. The molecule has 2 aromatic rings. The number of alkyl halides is 2. The first-order valence-electron chi connectivity index (χ1n) is 7.64. The van der Waals surface area contributed by atoms with E-state index in [1.165, 1.54) is 6.07 Å². The highest BCUT2D eigenvalue weighted by molar-refractivity contribution is 9.10. The third-order valence-electron chi connectivity index (χ3n) is 3.87. The van der Waals surface area contributed by atoms with Crippen molar-refractivity contribution < 1.29 is 27.9 Å². The molecule has 0 fully saturated rings. The van der Waals surface area contributed by atoms with Gasteiger partial charge in [0.1, 0.15) is 4.88 Å². The Balaban J connectivity index is 2.73. The van der Waals surface area contributed by atoms with E-state index >= 15 is 0 Å². The lowest BCUT2D eigenvalue weighted by molar-refractivity contribution is 0.0595. The van der Waals surface area contributed by atoms with Crippen LogP contribution < -0.4 is 5.73 Å². The van der Waals surface area contributed by atoms with Gasteiger partial charge in [0.15, 0.2) is 0 Å². The number of hydrogen-bond acceptors (Lipinski definition) is 3. The zero-order valence-electron chi connectivity index (χ0n) is 14.3. The lowest BCUT2D eigenvalue weighted by atomic mass is 10.1. The molecule has 11 heteroatoms. The maximum Gasteiger partial charge on any atom is 0.400 e. The summed E-state index contributed by atoms with van der Waals surface area (Å²) in [5.41, 5.74) is 1.88. The number of fused-ring (bicyclic) bond motifs is 1. The predicted octanol–water partition coefficient (Wildman–Crippen LogP) is 4.87. The summed E-state index contributed by atoms with van der Waals surface area (Å²) in [6, 6.07) is 3.81. The summed E-state index contributed by atoms with van der Waals surface area (Å²) in [6.45, 7) is 6.50. The zero-order valence-corrected chi connectivity index (χ0v) is 18.6. The second kappa shape index (κ2) is 7.07. The van der Waals surface area contributed by atoms with Crippen molar-refractivity contribution in [3.8, 4) is 0 Å². The van der Waals surface area contributed by atoms with Crippen LogP contribution in [0.25, 0.3) is 10.1 Å². The first-order chi connectivity index (χ1) is 11.6. The third-order valence-corrected chi connectivity index (χ3v) is 9.17. The van der Waals surface area contributed by atoms with Crippen LogP contribution in [0.5, 0.6) is 0 Å². The smallest absolute Gasteiger partial charge is 0.366 e. The van der Waals surface area contributed by atoms with Crippen molar-refractivity contribution in [1.82, 2.24) is 0 Å². The van der Waals surface area contributed by atoms with Crippen molar-refractivity contribution >= 4 is 58.9 Å². The molecule has 0 radical (unpaired) electrons. The molecule has 1 heterocycles. The summed E-state index contributed by atoms with van der Waals surface area (Å²) >= 11 is 3.66. The quantitative estimate of drug-likeness (QED) is 0.401. The van der Waals surface area contributed by atoms with Gasteiger partial charge in [0.25, 0.3) is 0 Å². The SMILES string of the molecule is C[Si](C)(C)CCc1cc(C(N)=O)cc2c(Br)c(C(F)(F)P(=O)(O)O)sc12. The van der Waals surface area contributed by atoms with Gasteiger partial charge in [-0.05, 0) is 40.0 Å². The van der Waals surface area contributed by atoms with Gasteiger partial charge in [0, 0.05) is 28.2 Å². The standard InChI is InChI=1S/C15H19BrF2NO4PSSi/c1-26(2,3)5-4-8-6-9(14(19)20)7-10-11(16)13(25-12(8)10)15(17,18)24(21,22)23/h6-7H,4-5H2,1-3H3,(H2,19,20)(H2,21,22,23). The minimum atomic E-state index is -5.70. The molecule has 144 valence electrons. The number of nitrogens with two attached hydrogens (primary N) is 1. The Morgan fingerprint density at radius 3 is 2.38 bits per heavy atom. The molecule has 0 aliphatic rings. The first-order valence-corrected chi connectivity index (χ1v) is 14.6.